The molecule has 1 aromatic heterocycles. The highest BCUT2D eigenvalue weighted by Gasteiger charge is 2.12. The van der Waals surface area contributed by atoms with E-state index in [-0.39, 0.29) is 5.82 Å². The molecule has 2 rings (SSSR count). The highest BCUT2D eigenvalue weighted by Crippen LogP contribution is 2.23. The molecule has 0 aliphatic heterocycles. The molecule has 0 fully saturated rings. The highest BCUT2D eigenvalue weighted by molar-refractivity contribution is 5.59. The summed E-state index contributed by atoms with van der Waals surface area (Å²) in [5.41, 5.74) is -0.433. The first-order chi connectivity index (χ1) is 8.60. The van der Waals surface area contributed by atoms with E-state index in [0.717, 1.165) is 0 Å². The van der Waals surface area contributed by atoms with Crippen LogP contribution in [-0.4, -0.2) is 12.0 Å². The molecular formula is C12H10F3N3. The molecule has 1 aromatic carbocycles. The molecule has 0 radical (unpaired) electrons. The molecule has 0 unspecified atom stereocenters. The minimum absolute atomic E-state index is 0.256. The second-order valence-corrected chi connectivity index (χ2v) is 3.53. The van der Waals surface area contributed by atoms with Crippen molar-refractivity contribution in [1.82, 2.24) is 4.98 Å². The van der Waals surface area contributed by atoms with Gasteiger partial charge in [0.1, 0.15) is 23.1 Å². The molecule has 0 bridgehead atoms. The largest absolute Gasteiger partial charge is 0.373 e. The van der Waals surface area contributed by atoms with E-state index in [2.05, 4.69) is 15.6 Å². The molecular weight excluding hydrogens is 243 g/mol. The van der Waals surface area contributed by atoms with E-state index in [1.54, 1.807) is 25.2 Å². The summed E-state index contributed by atoms with van der Waals surface area (Å²) >= 11 is 0. The van der Waals surface area contributed by atoms with Crippen LogP contribution in [0.15, 0.2) is 30.3 Å². The number of rotatable bonds is 3. The Labute approximate surface area is 102 Å². The smallest absolute Gasteiger partial charge is 0.152 e. The van der Waals surface area contributed by atoms with Crippen molar-refractivity contribution < 1.29 is 13.2 Å². The highest BCUT2D eigenvalue weighted by atomic mass is 19.1. The van der Waals surface area contributed by atoms with Gasteiger partial charge in [0.05, 0.1) is 0 Å². The number of halogens is 3. The number of hydrogen-bond donors (Lipinski definition) is 2. The van der Waals surface area contributed by atoms with Gasteiger partial charge in [0.2, 0.25) is 0 Å². The standard InChI is InChI=1S/C12H10F3N3/c1-16-10-3-2-4-11(17-10)18-12-8(14)5-7(13)6-9(12)15/h2-6H,1H3,(H2,16,17,18). The van der Waals surface area contributed by atoms with Gasteiger partial charge in [-0.15, -0.1) is 0 Å². The summed E-state index contributed by atoms with van der Waals surface area (Å²) in [6.45, 7) is 0. The van der Waals surface area contributed by atoms with E-state index >= 15 is 0 Å². The van der Waals surface area contributed by atoms with Gasteiger partial charge in [-0.1, -0.05) is 6.07 Å². The lowest BCUT2D eigenvalue weighted by molar-refractivity contribution is 0.549. The molecule has 0 amide bonds. The van der Waals surface area contributed by atoms with Crippen molar-refractivity contribution in [1.29, 1.82) is 0 Å². The van der Waals surface area contributed by atoms with Gasteiger partial charge in [0, 0.05) is 19.2 Å². The summed E-state index contributed by atoms with van der Waals surface area (Å²) in [5.74, 6) is -2.19. The number of aromatic nitrogens is 1. The molecule has 0 atom stereocenters. The average molecular weight is 253 g/mol. The number of anilines is 3. The Hall–Kier alpha value is -2.24. The molecule has 94 valence electrons. The molecule has 0 saturated heterocycles. The zero-order valence-corrected chi connectivity index (χ0v) is 9.47. The molecule has 3 nitrogen and oxygen atoms in total. The molecule has 0 spiro atoms. The number of nitrogens with one attached hydrogen (secondary N) is 2. The third kappa shape index (κ3) is 2.53. The quantitative estimate of drug-likeness (QED) is 0.881. The maximum absolute atomic E-state index is 13.4. The van der Waals surface area contributed by atoms with Crippen molar-refractivity contribution in [2.45, 2.75) is 0 Å². The van der Waals surface area contributed by atoms with Gasteiger partial charge in [-0.25, -0.2) is 18.2 Å². The van der Waals surface area contributed by atoms with Crippen molar-refractivity contribution >= 4 is 17.3 Å². The van der Waals surface area contributed by atoms with Gasteiger partial charge < -0.3 is 10.6 Å². The molecule has 1 heterocycles. The van der Waals surface area contributed by atoms with Crippen LogP contribution in [0.2, 0.25) is 0 Å². The van der Waals surface area contributed by atoms with Gasteiger partial charge in [-0.3, -0.25) is 0 Å². The van der Waals surface area contributed by atoms with Gasteiger partial charge in [0.25, 0.3) is 0 Å². The van der Waals surface area contributed by atoms with Crippen molar-refractivity contribution in [3.63, 3.8) is 0 Å². The van der Waals surface area contributed by atoms with Gasteiger partial charge in [0.15, 0.2) is 11.6 Å². The zero-order chi connectivity index (χ0) is 13.1. The van der Waals surface area contributed by atoms with E-state index in [1.807, 2.05) is 0 Å². The predicted octanol–water partition coefficient (Wildman–Crippen LogP) is 3.28. The Bertz CT molecular complexity index is 549. The molecule has 0 saturated carbocycles. The fourth-order valence-corrected chi connectivity index (χ4v) is 1.43. The lowest BCUT2D eigenvalue weighted by Crippen LogP contribution is -2.01. The van der Waals surface area contributed by atoms with Crippen LogP contribution in [0.4, 0.5) is 30.5 Å². The normalized spacial score (nSPS) is 10.2. The van der Waals surface area contributed by atoms with Crippen molar-refractivity contribution in [2.75, 3.05) is 17.7 Å². The van der Waals surface area contributed by atoms with Crippen molar-refractivity contribution in [3.8, 4) is 0 Å². The van der Waals surface area contributed by atoms with Crippen LogP contribution in [0.1, 0.15) is 0 Å². The van der Waals surface area contributed by atoms with Crippen molar-refractivity contribution in [3.05, 3.63) is 47.8 Å². The van der Waals surface area contributed by atoms with Crippen LogP contribution in [0.3, 0.4) is 0 Å². The van der Waals surface area contributed by atoms with E-state index in [1.165, 1.54) is 0 Å². The summed E-state index contributed by atoms with van der Waals surface area (Å²) in [5, 5.41) is 5.27. The lowest BCUT2D eigenvalue weighted by Gasteiger charge is -2.09. The topological polar surface area (TPSA) is 37.0 Å². The Morgan fingerprint density at radius 2 is 1.61 bits per heavy atom. The van der Waals surface area contributed by atoms with Crippen LogP contribution in [0.5, 0.6) is 0 Å². The maximum atomic E-state index is 13.4. The Kier molecular flexibility index (Phi) is 3.36. The molecule has 18 heavy (non-hydrogen) atoms. The first-order valence-corrected chi connectivity index (χ1v) is 5.16. The summed E-state index contributed by atoms with van der Waals surface area (Å²) in [6, 6.07) is 6.12. The minimum Gasteiger partial charge on any atom is -0.373 e. The lowest BCUT2D eigenvalue weighted by atomic mass is 10.2. The molecule has 0 aliphatic carbocycles. The van der Waals surface area contributed by atoms with E-state index in [4.69, 9.17) is 0 Å². The number of benzene rings is 1. The number of pyridine rings is 1. The fourth-order valence-electron chi connectivity index (χ4n) is 1.43. The predicted molar refractivity (Wildman–Crippen MR) is 63.4 cm³/mol. The summed E-state index contributed by atoms with van der Waals surface area (Å²) in [6.07, 6.45) is 0. The van der Waals surface area contributed by atoms with E-state index in [0.29, 0.717) is 18.0 Å². The van der Waals surface area contributed by atoms with Crippen LogP contribution in [-0.2, 0) is 0 Å². The van der Waals surface area contributed by atoms with Gasteiger partial charge in [-0.05, 0) is 12.1 Å². The van der Waals surface area contributed by atoms with Crippen LogP contribution in [0.25, 0.3) is 0 Å². The van der Waals surface area contributed by atoms with Crippen LogP contribution >= 0.6 is 0 Å². The SMILES string of the molecule is CNc1cccc(Nc2c(F)cc(F)cc2F)n1. The molecule has 6 heteroatoms. The third-order valence-electron chi connectivity index (χ3n) is 2.27. The van der Waals surface area contributed by atoms with Crippen LogP contribution in [0, 0.1) is 17.5 Å². The molecule has 2 N–H and O–H groups in total. The van der Waals surface area contributed by atoms with Crippen molar-refractivity contribution in [2.24, 2.45) is 0 Å². The Morgan fingerprint density at radius 3 is 2.22 bits per heavy atom. The number of hydrogen-bond acceptors (Lipinski definition) is 3. The Balaban J connectivity index is 2.33. The summed E-state index contributed by atoms with van der Waals surface area (Å²) in [7, 11) is 1.67. The third-order valence-corrected chi connectivity index (χ3v) is 2.27. The second kappa shape index (κ2) is 4.95. The summed E-state index contributed by atoms with van der Waals surface area (Å²) in [4.78, 5) is 4.04. The zero-order valence-electron chi connectivity index (χ0n) is 9.47. The molecule has 2 aromatic rings. The second-order valence-electron chi connectivity index (χ2n) is 3.53. The van der Waals surface area contributed by atoms with E-state index < -0.39 is 23.1 Å². The van der Waals surface area contributed by atoms with Gasteiger partial charge in [-0.2, -0.15) is 0 Å². The van der Waals surface area contributed by atoms with E-state index in [9.17, 15) is 13.2 Å². The minimum atomic E-state index is -1.01. The maximum Gasteiger partial charge on any atom is 0.152 e. The molecule has 0 aliphatic rings. The fraction of sp³-hybridized carbons (Fsp3) is 0.0833. The van der Waals surface area contributed by atoms with Gasteiger partial charge >= 0.3 is 0 Å². The average Bonchev–Trinajstić information content (AvgIpc) is 2.34. The Morgan fingerprint density at radius 1 is 1.00 bits per heavy atom. The monoisotopic (exact) mass is 253 g/mol. The first kappa shape index (κ1) is 12.2. The number of nitrogens with zero attached hydrogens (tertiary/aromatic N) is 1. The van der Waals surface area contributed by atoms with Crippen LogP contribution < -0.4 is 10.6 Å². The summed E-state index contributed by atoms with van der Waals surface area (Å²) < 4.78 is 39.5. The first-order valence-electron chi connectivity index (χ1n) is 5.16.